The van der Waals surface area contributed by atoms with Gasteiger partial charge in [-0.3, -0.25) is 9.59 Å². The van der Waals surface area contributed by atoms with Gasteiger partial charge in [0.1, 0.15) is 0 Å². The highest BCUT2D eigenvalue weighted by molar-refractivity contribution is 6.04. The first-order chi connectivity index (χ1) is 14.8. The molecule has 7 heteroatoms. The highest BCUT2D eigenvalue weighted by atomic mass is 16.5. The van der Waals surface area contributed by atoms with Crippen LogP contribution >= 0.6 is 0 Å². The third-order valence-corrected chi connectivity index (χ3v) is 5.59. The predicted molar refractivity (Wildman–Crippen MR) is 118 cm³/mol. The van der Waals surface area contributed by atoms with Crippen molar-refractivity contribution in [3.8, 4) is 0 Å². The molecule has 0 N–H and O–H groups in total. The summed E-state index contributed by atoms with van der Waals surface area (Å²) in [4.78, 5) is 40.6. The minimum Gasteiger partial charge on any atom is -0.448 e. The molecular weight excluding hydrogens is 394 g/mol. The third-order valence-electron chi connectivity index (χ3n) is 5.59. The summed E-state index contributed by atoms with van der Waals surface area (Å²) in [6.45, 7) is 7.17. The van der Waals surface area contributed by atoms with Gasteiger partial charge in [0.15, 0.2) is 11.8 Å². The van der Waals surface area contributed by atoms with E-state index in [1.165, 1.54) is 4.68 Å². The molecule has 7 nitrogen and oxygen atoms in total. The van der Waals surface area contributed by atoms with E-state index < -0.39 is 12.1 Å². The van der Waals surface area contributed by atoms with Crippen molar-refractivity contribution in [1.29, 1.82) is 0 Å². The Morgan fingerprint density at radius 2 is 1.68 bits per heavy atom. The summed E-state index contributed by atoms with van der Waals surface area (Å²) < 4.78 is 6.82. The number of aromatic nitrogens is 2. The van der Waals surface area contributed by atoms with E-state index in [2.05, 4.69) is 5.10 Å². The van der Waals surface area contributed by atoms with E-state index >= 15 is 0 Å². The molecule has 160 valence electrons. The number of carbonyl (C=O) groups excluding carboxylic acids is 2. The van der Waals surface area contributed by atoms with Gasteiger partial charge in [-0.25, -0.2) is 9.48 Å². The first-order valence-corrected chi connectivity index (χ1v) is 10.4. The van der Waals surface area contributed by atoms with E-state index in [-0.39, 0.29) is 29.2 Å². The lowest BCUT2D eigenvalue weighted by Gasteiger charge is -2.26. The molecule has 1 aliphatic rings. The summed E-state index contributed by atoms with van der Waals surface area (Å²) in [6, 6.07) is 14.3. The molecular formula is C24H25N3O4. The average Bonchev–Trinajstić information content (AvgIpc) is 3.08. The van der Waals surface area contributed by atoms with Crippen LogP contribution in [0, 0.1) is 0 Å². The normalized spacial score (nSPS) is 16.4. The summed E-state index contributed by atoms with van der Waals surface area (Å²) in [5.41, 5.74) is 1.70. The molecule has 3 aromatic rings. The Labute approximate surface area is 180 Å². The summed E-state index contributed by atoms with van der Waals surface area (Å²) in [6.07, 6.45) is -0.241. The van der Waals surface area contributed by atoms with Crippen LogP contribution < -0.4 is 10.5 Å². The van der Waals surface area contributed by atoms with Crippen LogP contribution in [0.3, 0.4) is 0 Å². The number of esters is 1. The molecule has 0 bridgehead atoms. The molecule has 4 rings (SSSR count). The molecule has 1 amide bonds. The first-order valence-electron chi connectivity index (χ1n) is 10.4. The number of rotatable bonds is 4. The zero-order chi connectivity index (χ0) is 22.3. The van der Waals surface area contributed by atoms with Crippen LogP contribution in [0.15, 0.2) is 53.3 Å². The number of anilines is 1. The van der Waals surface area contributed by atoms with Gasteiger partial charge >= 0.3 is 5.97 Å². The second kappa shape index (κ2) is 7.98. The Bertz CT molecular complexity index is 1230. The number of nitrogens with zero attached hydrogens (tertiary/aromatic N) is 3. The zero-order valence-corrected chi connectivity index (χ0v) is 18.0. The van der Waals surface area contributed by atoms with Crippen molar-refractivity contribution in [1.82, 2.24) is 9.78 Å². The van der Waals surface area contributed by atoms with E-state index in [0.29, 0.717) is 10.8 Å². The lowest BCUT2D eigenvalue weighted by atomic mass is 10.1. The highest BCUT2D eigenvalue weighted by Gasteiger charge is 2.35. The second-order valence-electron chi connectivity index (χ2n) is 8.18. The highest BCUT2D eigenvalue weighted by Crippen LogP contribution is 2.32. The molecule has 1 aliphatic heterocycles. The fourth-order valence-corrected chi connectivity index (χ4v) is 4.07. The number of hydrogen-bond donors (Lipinski definition) is 0. The molecule has 2 aromatic carbocycles. The van der Waals surface area contributed by atoms with Crippen molar-refractivity contribution < 1.29 is 14.3 Å². The molecule has 31 heavy (non-hydrogen) atoms. The average molecular weight is 419 g/mol. The van der Waals surface area contributed by atoms with Crippen molar-refractivity contribution in [2.75, 3.05) is 4.90 Å². The maximum atomic E-state index is 13.2. The van der Waals surface area contributed by atoms with Crippen LogP contribution in [-0.4, -0.2) is 33.8 Å². The van der Waals surface area contributed by atoms with Gasteiger partial charge in [-0.1, -0.05) is 36.4 Å². The maximum absolute atomic E-state index is 13.2. The van der Waals surface area contributed by atoms with E-state index in [1.54, 1.807) is 36.1 Å². The molecule has 0 saturated carbocycles. The number of para-hydroxylation sites is 1. The van der Waals surface area contributed by atoms with Gasteiger partial charge in [0.2, 0.25) is 0 Å². The summed E-state index contributed by atoms with van der Waals surface area (Å²) >= 11 is 0. The molecule has 2 atom stereocenters. The van der Waals surface area contributed by atoms with Gasteiger partial charge in [0.25, 0.3) is 11.5 Å². The minimum absolute atomic E-state index is 0.0205. The summed E-state index contributed by atoms with van der Waals surface area (Å²) in [7, 11) is 0. The van der Waals surface area contributed by atoms with Gasteiger partial charge < -0.3 is 9.64 Å². The number of fused-ring (bicyclic) bond motifs is 2. The second-order valence-corrected chi connectivity index (χ2v) is 8.18. The van der Waals surface area contributed by atoms with E-state index in [0.717, 1.165) is 17.7 Å². The number of benzene rings is 2. The van der Waals surface area contributed by atoms with Gasteiger partial charge in [-0.15, -0.1) is 0 Å². The topological polar surface area (TPSA) is 81.5 Å². The maximum Gasteiger partial charge on any atom is 0.360 e. The monoisotopic (exact) mass is 419 g/mol. The summed E-state index contributed by atoms with van der Waals surface area (Å²) in [5.74, 6) is -1.01. The molecule has 0 aliphatic carbocycles. The first kappa shape index (κ1) is 20.8. The zero-order valence-electron chi connectivity index (χ0n) is 18.0. The van der Waals surface area contributed by atoms with E-state index in [1.807, 2.05) is 45.0 Å². The Hall–Kier alpha value is -3.48. The molecule has 0 spiro atoms. The van der Waals surface area contributed by atoms with Crippen molar-refractivity contribution in [2.45, 2.75) is 52.3 Å². The van der Waals surface area contributed by atoms with Gasteiger partial charge in [-0.05, 0) is 51.8 Å². The van der Waals surface area contributed by atoms with Gasteiger partial charge in [0.05, 0.1) is 11.4 Å². The Morgan fingerprint density at radius 1 is 1.03 bits per heavy atom. The van der Waals surface area contributed by atoms with Gasteiger partial charge in [0, 0.05) is 17.1 Å². The van der Waals surface area contributed by atoms with Crippen LogP contribution in [0.25, 0.3) is 10.8 Å². The Kier molecular flexibility index (Phi) is 5.35. The van der Waals surface area contributed by atoms with Crippen molar-refractivity contribution in [3.63, 3.8) is 0 Å². The molecule has 2 heterocycles. The van der Waals surface area contributed by atoms with Crippen molar-refractivity contribution >= 4 is 28.3 Å². The fourth-order valence-electron chi connectivity index (χ4n) is 4.07. The largest absolute Gasteiger partial charge is 0.448 e. The lowest BCUT2D eigenvalue weighted by Crippen LogP contribution is -2.43. The number of ether oxygens (including phenoxy) is 1. The molecule has 0 fully saturated rings. The van der Waals surface area contributed by atoms with Crippen LogP contribution in [-0.2, 0) is 16.0 Å². The fraction of sp³-hybridized carbons (Fsp3) is 0.333. The summed E-state index contributed by atoms with van der Waals surface area (Å²) in [5, 5.41) is 5.06. The van der Waals surface area contributed by atoms with Crippen LogP contribution in [0.5, 0.6) is 0 Å². The van der Waals surface area contributed by atoms with Crippen LogP contribution in [0.4, 0.5) is 5.69 Å². The van der Waals surface area contributed by atoms with Gasteiger partial charge in [-0.2, -0.15) is 5.10 Å². The molecule has 0 unspecified atom stereocenters. The van der Waals surface area contributed by atoms with Crippen LogP contribution in [0.2, 0.25) is 0 Å². The van der Waals surface area contributed by atoms with E-state index in [4.69, 9.17) is 4.74 Å². The molecule has 1 aromatic heterocycles. The quantitative estimate of drug-likeness (QED) is 0.605. The van der Waals surface area contributed by atoms with Crippen molar-refractivity contribution in [2.24, 2.45) is 0 Å². The van der Waals surface area contributed by atoms with Crippen molar-refractivity contribution in [3.05, 3.63) is 70.1 Å². The number of carbonyl (C=O) groups is 2. The molecule has 0 saturated heterocycles. The predicted octanol–water partition coefficient (Wildman–Crippen LogP) is 3.50. The third kappa shape index (κ3) is 3.60. The molecule has 0 radical (unpaired) electrons. The Morgan fingerprint density at radius 3 is 2.39 bits per heavy atom. The lowest BCUT2D eigenvalue weighted by molar-refractivity contribution is -0.126. The minimum atomic E-state index is -0.999. The SMILES string of the molecule is CC(C)n1nc(C(=O)O[C@H](C)C(=O)N2c3ccccc3C[C@H]2C)c2ccccc2c1=O. The number of amides is 1. The standard InChI is InChI=1S/C24H25N3O4/c1-14(2)27-23(29)19-11-7-6-10-18(19)21(25-27)24(30)31-16(4)22(28)26-15(3)13-17-9-5-8-12-20(17)26/h5-12,14-16H,13H2,1-4H3/t15-,16-/m1/s1. The smallest absolute Gasteiger partial charge is 0.360 e. The Balaban J connectivity index is 1.64. The number of hydrogen-bond acceptors (Lipinski definition) is 5. The van der Waals surface area contributed by atoms with E-state index in [9.17, 15) is 14.4 Å². The van der Waals surface area contributed by atoms with Crippen LogP contribution in [0.1, 0.15) is 49.8 Å².